The normalized spacial score (nSPS) is 14.3. The molecule has 0 radical (unpaired) electrons. The van der Waals surface area contributed by atoms with Gasteiger partial charge >= 0.3 is 12.1 Å². The van der Waals surface area contributed by atoms with E-state index in [0.717, 1.165) is 16.8 Å². The molecule has 1 aliphatic rings. The summed E-state index contributed by atoms with van der Waals surface area (Å²) in [5, 5.41) is 2.53. The van der Waals surface area contributed by atoms with Gasteiger partial charge in [-0.3, -0.25) is 4.79 Å². The van der Waals surface area contributed by atoms with Crippen molar-refractivity contribution in [2.45, 2.75) is 45.3 Å². The number of carbonyl (C=O) groups is 3. The lowest BCUT2D eigenvalue weighted by Crippen LogP contribution is -2.45. The van der Waals surface area contributed by atoms with Crippen LogP contribution >= 0.6 is 0 Å². The van der Waals surface area contributed by atoms with Crippen molar-refractivity contribution in [2.75, 3.05) is 19.1 Å². The third-order valence-corrected chi connectivity index (χ3v) is 4.69. The number of likely N-dealkylation sites (N-methyl/N-ethyl adjacent to an activating group) is 1. The molecule has 3 rings (SSSR count). The molecule has 2 heterocycles. The highest BCUT2D eigenvalue weighted by molar-refractivity contribution is 6.01. The Morgan fingerprint density at radius 2 is 1.97 bits per heavy atom. The van der Waals surface area contributed by atoms with Crippen molar-refractivity contribution in [1.82, 2.24) is 5.32 Å². The molecule has 0 aliphatic carbocycles. The van der Waals surface area contributed by atoms with E-state index in [1.807, 2.05) is 18.2 Å². The topological polar surface area (TPSA) is 98.1 Å². The van der Waals surface area contributed by atoms with Crippen LogP contribution in [0.5, 0.6) is 0 Å². The summed E-state index contributed by atoms with van der Waals surface area (Å²) >= 11 is 0. The molecule has 160 valence electrons. The van der Waals surface area contributed by atoms with Crippen LogP contribution in [0.3, 0.4) is 0 Å². The molecule has 1 atom stereocenters. The van der Waals surface area contributed by atoms with Gasteiger partial charge in [0.2, 0.25) is 5.91 Å². The number of methoxy groups -OCH3 is 1. The molecule has 0 fully saturated rings. The zero-order valence-corrected chi connectivity index (χ0v) is 17.8. The summed E-state index contributed by atoms with van der Waals surface area (Å²) in [6.07, 6.45) is -0.210. The molecule has 2 amide bonds. The third kappa shape index (κ3) is 4.82. The molecule has 8 nitrogen and oxygen atoms in total. The molecular formula is C22H26N2O6. The number of benzene rings is 1. The van der Waals surface area contributed by atoms with E-state index < -0.39 is 23.7 Å². The van der Waals surface area contributed by atoms with Gasteiger partial charge in [-0.2, -0.15) is 0 Å². The molecule has 0 saturated carbocycles. The summed E-state index contributed by atoms with van der Waals surface area (Å²) in [5.74, 6) is 0.552. The first-order chi connectivity index (χ1) is 14.1. The maximum atomic E-state index is 12.1. The van der Waals surface area contributed by atoms with Crippen LogP contribution in [0.15, 0.2) is 34.7 Å². The minimum Gasteiger partial charge on any atom is -0.467 e. The van der Waals surface area contributed by atoms with Gasteiger partial charge in [-0.05, 0) is 44.5 Å². The predicted octanol–water partition coefficient (Wildman–Crippen LogP) is 3.07. The Balaban J connectivity index is 1.75. The molecule has 1 aromatic heterocycles. The summed E-state index contributed by atoms with van der Waals surface area (Å²) < 4.78 is 15.9. The molecule has 0 saturated heterocycles. The van der Waals surface area contributed by atoms with Gasteiger partial charge in [0.25, 0.3) is 0 Å². The van der Waals surface area contributed by atoms with Crippen LogP contribution in [-0.4, -0.2) is 43.8 Å². The Kier molecular flexibility index (Phi) is 5.87. The van der Waals surface area contributed by atoms with Crippen LogP contribution in [0.1, 0.15) is 32.1 Å². The quantitative estimate of drug-likeness (QED) is 0.755. The van der Waals surface area contributed by atoms with Crippen LogP contribution < -0.4 is 10.2 Å². The number of alkyl carbamates (subject to hydrolysis) is 1. The zero-order valence-electron chi connectivity index (χ0n) is 17.8. The number of fused-ring (bicyclic) bond motifs is 1. The molecule has 1 aliphatic heterocycles. The fourth-order valence-electron chi connectivity index (χ4n) is 3.22. The maximum Gasteiger partial charge on any atom is 0.408 e. The van der Waals surface area contributed by atoms with E-state index >= 15 is 0 Å². The number of rotatable bonds is 5. The van der Waals surface area contributed by atoms with Gasteiger partial charge in [0, 0.05) is 24.7 Å². The fourth-order valence-corrected chi connectivity index (χ4v) is 3.22. The van der Waals surface area contributed by atoms with Gasteiger partial charge in [0.05, 0.1) is 13.5 Å². The summed E-state index contributed by atoms with van der Waals surface area (Å²) in [5.41, 5.74) is 1.96. The molecular weight excluding hydrogens is 388 g/mol. The standard InChI is InChI=1S/C22H26N2O6/c1-22(2,3)30-21(27)23-16(20(26)28-5)12-15-8-9-18(29-15)14-7-6-13-11-19(25)24(4)17(13)10-14/h6-10,16H,11-12H2,1-5H3,(H,23,27)/t16-/m0/s1. The van der Waals surface area contributed by atoms with Gasteiger partial charge in [-0.25, -0.2) is 9.59 Å². The summed E-state index contributed by atoms with van der Waals surface area (Å²) in [6, 6.07) is 8.28. The average molecular weight is 414 g/mol. The number of hydrogen-bond acceptors (Lipinski definition) is 6. The largest absolute Gasteiger partial charge is 0.467 e. The second-order valence-electron chi connectivity index (χ2n) is 8.17. The minimum absolute atomic E-state index is 0.0522. The highest BCUT2D eigenvalue weighted by Crippen LogP contribution is 2.33. The number of nitrogens with one attached hydrogen (secondary N) is 1. The van der Waals surface area contributed by atoms with Crippen LogP contribution in [0.2, 0.25) is 0 Å². The number of amides is 2. The van der Waals surface area contributed by atoms with Crippen LogP contribution in [-0.2, 0) is 31.9 Å². The first kappa shape index (κ1) is 21.4. The number of ether oxygens (including phenoxy) is 2. The van der Waals surface area contributed by atoms with E-state index in [2.05, 4.69) is 5.32 Å². The fraction of sp³-hybridized carbons (Fsp3) is 0.409. The van der Waals surface area contributed by atoms with Crippen molar-refractivity contribution in [3.8, 4) is 11.3 Å². The molecule has 0 bridgehead atoms. The van der Waals surface area contributed by atoms with Crippen LogP contribution in [0, 0.1) is 0 Å². The Morgan fingerprint density at radius 1 is 1.23 bits per heavy atom. The number of nitrogens with zero attached hydrogens (tertiary/aromatic N) is 1. The molecule has 30 heavy (non-hydrogen) atoms. The second-order valence-corrected chi connectivity index (χ2v) is 8.17. The van der Waals surface area contributed by atoms with Gasteiger partial charge < -0.3 is 24.1 Å². The third-order valence-electron chi connectivity index (χ3n) is 4.69. The average Bonchev–Trinajstić information content (AvgIpc) is 3.23. The SMILES string of the molecule is COC(=O)[C@H](Cc1ccc(-c2ccc3c(c2)N(C)C(=O)C3)o1)NC(=O)OC(C)(C)C. The predicted molar refractivity (Wildman–Crippen MR) is 110 cm³/mol. The number of furan rings is 1. The first-order valence-electron chi connectivity index (χ1n) is 9.63. The number of anilines is 1. The first-order valence-corrected chi connectivity index (χ1v) is 9.63. The highest BCUT2D eigenvalue weighted by atomic mass is 16.6. The molecule has 2 aromatic rings. The summed E-state index contributed by atoms with van der Waals surface area (Å²) in [4.78, 5) is 37.7. The lowest BCUT2D eigenvalue weighted by Gasteiger charge is -2.22. The number of carbonyl (C=O) groups excluding carboxylic acids is 3. The van der Waals surface area contributed by atoms with E-state index in [1.54, 1.807) is 44.9 Å². The van der Waals surface area contributed by atoms with Crippen molar-refractivity contribution in [1.29, 1.82) is 0 Å². The van der Waals surface area contributed by atoms with Gasteiger partial charge in [-0.1, -0.05) is 12.1 Å². The molecule has 1 N–H and O–H groups in total. The van der Waals surface area contributed by atoms with Crippen LogP contribution in [0.25, 0.3) is 11.3 Å². The van der Waals surface area contributed by atoms with Crippen LogP contribution in [0.4, 0.5) is 10.5 Å². The Bertz CT molecular complexity index is 972. The molecule has 0 unspecified atom stereocenters. The van der Waals surface area contributed by atoms with Gasteiger partial charge in [-0.15, -0.1) is 0 Å². The number of esters is 1. The molecule has 1 aromatic carbocycles. The van der Waals surface area contributed by atoms with E-state index in [-0.39, 0.29) is 12.3 Å². The lowest BCUT2D eigenvalue weighted by molar-refractivity contribution is -0.143. The minimum atomic E-state index is -0.951. The van der Waals surface area contributed by atoms with E-state index in [0.29, 0.717) is 17.9 Å². The second kappa shape index (κ2) is 8.22. The van der Waals surface area contributed by atoms with Crippen molar-refractivity contribution in [2.24, 2.45) is 0 Å². The Morgan fingerprint density at radius 3 is 2.63 bits per heavy atom. The van der Waals surface area contributed by atoms with Crippen molar-refractivity contribution < 1.29 is 28.3 Å². The van der Waals surface area contributed by atoms with Crippen molar-refractivity contribution in [3.05, 3.63) is 41.7 Å². The Labute approximate surface area is 175 Å². The monoisotopic (exact) mass is 414 g/mol. The van der Waals surface area contributed by atoms with Crippen molar-refractivity contribution >= 4 is 23.7 Å². The van der Waals surface area contributed by atoms with E-state index in [4.69, 9.17) is 13.9 Å². The zero-order chi connectivity index (χ0) is 22.1. The number of hydrogen-bond donors (Lipinski definition) is 1. The molecule has 0 spiro atoms. The van der Waals surface area contributed by atoms with Crippen molar-refractivity contribution in [3.63, 3.8) is 0 Å². The summed E-state index contributed by atoms with van der Waals surface area (Å²) in [6.45, 7) is 5.21. The van der Waals surface area contributed by atoms with Gasteiger partial charge in [0.1, 0.15) is 23.2 Å². The van der Waals surface area contributed by atoms with Gasteiger partial charge in [0.15, 0.2) is 0 Å². The molecule has 8 heteroatoms. The highest BCUT2D eigenvalue weighted by Gasteiger charge is 2.27. The summed E-state index contributed by atoms with van der Waals surface area (Å²) in [7, 11) is 3.00. The smallest absolute Gasteiger partial charge is 0.408 e. The van der Waals surface area contributed by atoms with E-state index in [1.165, 1.54) is 7.11 Å². The lowest BCUT2D eigenvalue weighted by atomic mass is 10.1. The maximum absolute atomic E-state index is 12.1. The van der Waals surface area contributed by atoms with E-state index in [9.17, 15) is 14.4 Å². The Hall–Kier alpha value is -3.29.